The van der Waals surface area contributed by atoms with Gasteiger partial charge in [-0.3, -0.25) is 14.4 Å². The SMILES string of the molecule is CCCCCOC(=O)c1c(C(C)=O)c(O)c(O)c(OC(C)=O)c1C(C)=O. The summed E-state index contributed by atoms with van der Waals surface area (Å²) in [6.07, 6.45) is 2.28. The summed E-state index contributed by atoms with van der Waals surface area (Å²) in [7, 11) is 0. The van der Waals surface area contributed by atoms with E-state index in [1.54, 1.807) is 0 Å². The van der Waals surface area contributed by atoms with Gasteiger partial charge in [0.1, 0.15) is 0 Å². The van der Waals surface area contributed by atoms with Crippen LogP contribution in [0.25, 0.3) is 0 Å². The predicted molar refractivity (Wildman–Crippen MR) is 90.9 cm³/mol. The van der Waals surface area contributed by atoms with E-state index in [2.05, 4.69) is 0 Å². The van der Waals surface area contributed by atoms with Gasteiger partial charge in [0.05, 0.1) is 23.3 Å². The van der Waals surface area contributed by atoms with Crippen LogP contribution in [0.15, 0.2) is 0 Å². The minimum absolute atomic E-state index is 0.0475. The fourth-order valence-corrected chi connectivity index (χ4v) is 2.42. The molecular weight excluding hydrogens is 344 g/mol. The molecule has 0 aliphatic heterocycles. The number of aromatic hydroxyl groups is 2. The van der Waals surface area contributed by atoms with Crippen molar-refractivity contribution in [3.63, 3.8) is 0 Å². The zero-order valence-corrected chi connectivity index (χ0v) is 15.2. The van der Waals surface area contributed by atoms with Gasteiger partial charge < -0.3 is 19.7 Å². The van der Waals surface area contributed by atoms with E-state index in [1.165, 1.54) is 0 Å². The first-order chi connectivity index (χ1) is 12.1. The number of rotatable bonds is 8. The fourth-order valence-electron chi connectivity index (χ4n) is 2.42. The quantitative estimate of drug-likeness (QED) is 0.236. The number of benzene rings is 1. The molecule has 0 heterocycles. The molecule has 0 saturated heterocycles. The third kappa shape index (κ3) is 4.59. The van der Waals surface area contributed by atoms with Gasteiger partial charge in [-0.25, -0.2) is 4.79 Å². The molecule has 0 bridgehead atoms. The smallest absolute Gasteiger partial charge is 0.339 e. The Labute approximate surface area is 150 Å². The summed E-state index contributed by atoms with van der Waals surface area (Å²) in [5, 5.41) is 20.2. The summed E-state index contributed by atoms with van der Waals surface area (Å²) in [5.41, 5.74) is -1.60. The predicted octanol–water partition coefficient (Wildman–Crippen LogP) is 2.78. The van der Waals surface area contributed by atoms with Crippen LogP contribution < -0.4 is 4.74 Å². The molecule has 0 aromatic heterocycles. The zero-order valence-electron chi connectivity index (χ0n) is 15.2. The summed E-state index contributed by atoms with van der Waals surface area (Å²) in [6, 6.07) is 0. The van der Waals surface area contributed by atoms with Crippen LogP contribution in [-0.2, 0) is 9.53 Å². The maximum atomic E-state index is 12.5. The van der Waals surface area contributed by atoms with Gasteiger partial charge >= 0.3 is 11.9 Å². The van der Waals surface area contributed by atoms with E-state index in [0.29, 0.717) is 6.42 Å². The van der Waals surface area contributed by atoms with Gasteiger partial charge in [-0.15, -0.1) is 0 Å². The number of ketones is 2. The Morgan fingerprint density at radius 2 is 1.42 bits per heavy atom. The molecule has 2 N–H and O–H groups in total. The molecule has 142 valence electrons. The Hall–Kier alpha value is -2.90. The van der Waals surface area contributed by atoms with Crippen LogP contribution in [0.5, 0.6) is 17.2 Å². The number of esters is 2. The number of Topliss-reactive ketones (excluding diaryl/α,β-unsaturated/α-hetero) is 2. The van der Waals surface area contributed by atoms with Crippen molar-refractivity contribution < 1.29 is 38.9 Å². The first kappa shape index (κ1) is 21.1. The van der Waals surface area contributed by atoms with E-state index >= 15 is 0 Å². The number of hydrogen-bond acceptors (Lipinski definition) is 8. The third-order valence-electron chi connectivity index (χ3n) is 3.54. The number of unbranched alkanes of at least 4 members (excludes halogenated alkanes) is 2. The largest absolute Gasteiger partial charge is 0.504 e. The Kier molecular flexibility index (Phi) is 7.30. The van der Waals surface area contributed by atoms with Crippen molar-refractivity contribution in [1.82, 2.24) is 0 Å². The molecule has 0 fully saturated rings. The van der Waals surface area contributed by atoms with Crippen LogP contribution in [0.4, 0.5) is 0 Å². The van der Waals surface area contributed by atoms with Gasteiger partial charge in [0.15, 0.2) is 23.1 Å². The summed E-state index contributed by atoms with van der Waals surface area (Å²) in [6.45, 7) is 5.15. The van der Waals surface area contributed by atoms with Crippen LogP contribution >= 0.6 is 0 Å². The van der Waals surface area contributed by atoms with Crippen molar-refractivity contribution in [1.29, 1.82) is 0 Å². The van der Waals surface area contributed by atoms with E-state index < -0.39 is 57.4 Å². The lowest BCUT2D eigenvalue weighted by Gasteiger charge is -2.17. The summed E-state index contributed by atoms with van der Waals surface area (Å²) >= 11 is 0. The lowest BCUT2D eigenvalue weighted by Crippen LogP contribution is -2.19. The van der Waals surface area contributed by atoms with Crippen molar-refractivity contribution in [2.45, 2.75) is 47.0 Å². The van der Waals surface area contributed by atoms with Crippen molar-refractivity contribution in [3.8, 4) is 17.2 Å². The highest BCUT2D eigenvalue weighted by atomic mass is 16.5. The van der Waals surface area contributed by atoms with Crippen LogP contribution in [-0.4, -0.2) is 40.3 Å². The molecule has 0 saturated carbocycles. The Morgan fingerprint density at radius 1 is 0.846 bits per heavy atom. The molecule has 0 atom stereocenters. The van der Waals surface area contributed by atoms with Crippen LogP contribution in [0.2, 0.25) is 0 Å². The first-order valence-electron chi connectivity index (χ1n) is 8.12. The highest BCUT2D eigenvalue weighted by Crippen LogP contribution is 2.45. The second kappa shape index (κ2) is 8.98. The van der Waals surface area contributed by atoms with Crippen molar-refractivity contribution in [2.24, 2.45) is 0 Å². The van der Waals surface area contributed by atoms with Crippen molar-refractivity contribution in [2.75, 3.05) is 6.61 Å². The maximum absolute atomic E-state index is 12.5. The zero-order chi connectivity index (χ0) is 20.0. The van der Waals surface area contributed by atoms with Crippen molar-refractivity contribution in [3.05, 3.63) is 16.7 Å². The number of hydrogen-bond donors (Lipinski definition) is 2. The van der Waals surface area contributed by atoms with Crippen LogP contribution in [0, 0.1) is 0 Å². The van der Waals surface area contributed by atoms with E-state index in [4.69, 9.17) is 9.47 Å². The van der Waals surface area contributed by atoms with E-state index in [0.717, 1.165) is 33.6 Å². The van der Waals surface area contributed by atoms with Gasteiger partial charge in [0, 0.05) is 6.92 Å². The Bertz CT molecular complexity index is 748. The molecule has 8 heteroatoms. The topological polar surface area (TPSA) is 127 Å². The van der Waals surface area contributed by atoms with Gasteiger partial charge in [-0.2, -0.15) is 0 Å². The molecule has 26 heavy (non-hydrogen) atoms. The molecule has 0 aliphatic rings. The summed E-state index contributed by atoms with van der Waals surface area (Å²) < 4.78 is 9.89. The molecule has 1 aromatic rings. The average Bonchev–Trinajstić information content (AvgIpc) is 2.54. The summed E-state index contributed by atoms with van der Waals surface area (Å²) in [5.74, 6) is -6.06. The first-order valence-corrected chi connectivity index (χ1v) is 8.12. The molecule has 1 aromatic carbocycles. The van der Waals surface area contributed by atoms with Crippen LogP contribution in [0.3, 0.4) is 0 Å². The summed E-state index contributed by atoms with van der Waals surface area (Å²) in [4.78, 5) is 47.8. The molecule has 0 spiro atoms. The van der Waals surface area contributed by atoms with Gasteiger partial charge in [-0.1, -0.05) is 19.8 Å². The van der Waals surface area contributed by atoms with E-state index in [1.807, 2.05) is 6.92 Å². The number of ether oxygens (including phenoxy) is 2. The average molecular weight is 366 g/mol. The highest BCUT2D eigenvalue weighted by Gasteiger charge is 2.34. The molecular formula is C18H22O8. The minimum atomic E-state index is -1.03. The molecule has 0 aliphatic carbocycles. The maximum Gasteiger partial charge on any atom is 0.339 e. The molecule has 0 unspecified atom stereocenters. The Balaban J connectivity index is 3.64. The number of phenolic OH excluding ortho intramolecular Hbond substituents is 2. The highest BCUT2D eigenvalue weighted by molar-refractivity contribution is 6.16. The minimum Gasteiger partial charge on any atom is -0.504 e. The van der Waals surface area contributed by atoms with Crippen molar-refractivity contribution >= 4 is 23.5 Å². The van der Waals surface area contributed by atoms with Gasteiger partial charge in [0.2, 0.25) is 5.75 Å². The third-order valence-corrected chi connectivity index (χ3v) is 3.54. The van der Waals surface area contributed by atoms with E-state index in [-0.39, 0.29) is 6.61 Å². The second-order valence-corrected chi connectivity index (χ2v) is 5.70. The fraction of sp³-hybridized carbons (Fsp3) is 0.444. The number of carbonyl (C=O) groups is 4. The monoisotopic (exact) mass is 366 g/mol. The lowest BCUT2D eigenvalue weighted by molar-refractivity contribution is -0.132. The molecule has 1 rings (SSSR count). The normalized spacial score (nSPS) is 10.3. The standard InChI is InChI=1S/C18H22O8/c1-5-6-7-8-25-18(24)14-12(9(2)19)15(22)16(23)17(26-11(4)21)13(14)10(3)20/h22-23H,5-8H2,1-4H3. The molecule has 8 nitrogen and oxygen atoms in total. The number of carbonyl (C=O) groups excluding carboxylic acids is 4. The molecule has 0 amide bonds. The van der Waals surface area contributed by atoms with Gasteiger partial charge in [-0.05, 0) is 20.3 Å². The second-order valence-electron chi connectivity index (χ2n) is 5.70. The molecule has 0 radical (unpaired) electrons. The van der Waals surface area contributed by atoms with Gasteiger partial charge in [0.25, 0.3) is 0 Å². The number of phenols is 2. The van der Waals surface area contributed by atoms with E-state index in [9.17, 15) is 29.4 Å². The Morgan fingerprint density at radius 3 is 1.88 bits per heavy atom. The lowest BCUT2D eigenvalue weighted by atomic mass is 9.93. The van der Waals surface area contributed by atoms with Crippen LogP contribution in [0.1, 0.15) is 78.0 Å².